The molecule has 0 unspecified atom stereocenters. The molecular formula is C65H84F3N27O6S3. The Morgan fingerprint density at radius 1 is 0.452 bits per heavy atom. The summed E-state index contributed by atoms with van der Waals surface area (Å²) in [5.74, 6) is 5.90. The Balaban J connectivity index is 0.000000147. The topological polar surface area (TPSA) is 452 Å². The zero-order valence-electron chi connectivity index (χ0n) is 58.3. The number of hydrogen-bond donors (Lipinski definition) is 12. The van der Waals surface area contributed by atoms with Crippen LogP contribution in [0.5, 0.6) is 0 Å². The van der Waals surface area contributed by atoms with E-state index in [4.69, 9.17) is 19.9 Å². The molecule has 2 aromatic carbocycles. The Kier molecular flexibility index (Phi) is 23.9. The van der Waals surface area contributed by atoms with Crippen molar-refractivity contribution in [1.82, 2.24) is 120 Å². The van der Waals surface area contributed by atoms with Gasteiger partial charge in [-0.2, -0.15) is 28.5 Å². The molecule has 12 N–H and O–H groups in total. The van der Waals surface area contributed by atoms with Gasteiger partial charge in [0, 0.05) is 30.3 Å². The maximum absolute atomic E-state index is 12.8. The lowest BCUT2D eigenvalue weighted by atomic mass is 10.0. The van der Waals surface area contributed by atoms with Crippen molar-refractivity contribution in [3.63, 3.8) is 0 Å². The predicted octanol–water partition coefficient (Wildman–Crippen LogP) is 7.21. The minimum absolute atomic E-state index is 0.0500. The SMILES string of the molecule is CCCSc1nc(NCC(F)(F)F)c2nnn([C@@H]3C[C@H](c4n[nH]c(C)n4)[C@@H](O)[C@H]3O)c2n1.CCCSc1nc(NC[C@@H](C)c2ccccc2)c2nnn([C@@H]3C[C@H](c4n[nH]c(C)n4)[C@@H](O)[C@H]3O)c2n1.CCCSc1nc(NC[C@H](C)c2ccccc2)c2nnn([C@@H]3C[C@H](c4n[nH]c(C)n4)[C@@H](O)[C@H]3O)c2n1. The van der Waals surface area contributed by atoms with Gasteiger partial charge in [-0.05, 0) is 82.3 Å². The molecule has 0 saturated heterocycles. The van der Waals surface area contributed by atoms with Crippen molar-refractivity contribution in [2.45, 2.75) is 200 Å². The molecule has 14 rings (SSSR count). The average molecular weight is 1490 g/mol. The number of fused-ring (bicyclic) bond motifs is 3. The highest BCUT2D eigenvalue weighted by Gasteiger charge is 2.49. The van der Waals surface area contributed by atoms with Crippen LogP contribution in [0.15, 0.2) is 76.1 Å². The fourth-order valence-electron chi connectivity index (χ4n) is 12.8. The maximum atomic E-state index is 12.8. The summed E-state index contributed by atoms with van der Waals surface area (Å²) < 4.78 is 42.9. The fourth-order valence-corrected chi connectivity index (χ4v) is 14.9. The number of benzene rings is 2. The number of halogens is 3. The number of hydrogen-bond acceptors (Lipinski definition) is 30. The van der Waals surface area contributed by atoms with Gasteiger partial charge in [-0.25, -0.2) is 58.9 Å². The Hall–Kier alpha value is -8.70. The van der Waals surface area contributed by atoms with E-state index in [0.717, 1.165) is 30.8 Å². The molecule has 0 spiro atoms. The number of aromatic nitrogens is 24. The highest BCUT2D eigenvalue weighted by atomic mass is 32.2. The molecule has 9 aromatic heterocycles. The summed E-state index contributed by atoms with van der Waals surface area (Å²) in [6, 6.07) is 18.8. The van der Waals surface area contributed by atoms with Gasteiger partial charge >= 0.3 is 6.18 Å². The Morgan fingerprint density at radius 3 is 1.04 bits per heavy atom. The second-order valence-electron chi connectivity index (χ2n) is 26.1. The molecule has 0 aliphatic heterocycles. The lowest BCUT2D eigenvalue weighted by Gasteiger charge is -2.17. The molecule has 9 heterocycles. The van der Waals surface area contributed by atoms with Gasteiger partial charge in [-0.1, -0.05) is 146 Å². The van der Waals surface area contributed by atoms with Gasteiger partial charge < -0.3 is 46.6 Å². The lowest BCUT2D eigenvalue weighted by Crippen LogP contribution is -2.29. The van der Waals surface area contributed by atoms with Gasteiger partial charge in [-0.15, -0.1) is 15.3 Å². The van der Waals surface area contributed by atoms with Crippen LogP contribution in [0.2, 0.25) is 0 Å². The first-order chi connectivity index (χ1) is 50.1. The van der Waals surface area contributed by atoms with Gasteiger partial charge in [0.2, 0.25) is 0 Å². The number of aromatic amines is 3. The van der Waals surface area contributed by atoms with Crippen LogP contribution in [-0.2, 0) is 0 Å². The summed E-state index contributed by atoms with van der Waals surface area (Å²) in [7, 11) is 0. The molecule has 0 amide bonds. The van der Waals surface area contributed by atoms with Crippen LogP contribution in [0, 0.1) is 20.8 Å². The molecule has 3 saturated carbocycles. The summed E-state index contributed by atoms with van der Waals surface area (Å²) in [6.45, 7) is 15.9. The van der Waals surface area contributed by atoms with E-state index in [2.05, 4.69) is 154 Å². The molecule has 104 heavy (non-hydrogen) atoms. The minimum Gasteiger partial charge on any atom is -0.390 e. The van der Waals surface area contributed by atoms with Crippen LogP contribution >= 0.6 is 35.3 Å². The van der Waals surface area contributed by atoms with Crippen molar-refractivity contribution in [1.29, 1.82) is 0 Å². The fraction of sp³-hybridized carbons (Fsp3) is 0.538. The zero-order valence-corrected chi connectivity index (χ0v) is 60.7. The van der Waals surface area contributed by atoms with E-state index in [0.29, 0.717) is 111 Å². The highest BCUT2D eigenvalue weighted by Crippen LogP contribution is 2.45. The van der Waals surface area contributed by atoms with Crippen LogP contribution in [0.25, 0.3) is 33.5 Å². The van der Waals surface area contributed by atoms with E-state index in [1.165, 1.54) is 27.6 Å². The molecule has 3 fully saturated rings. The van der Waals surface area contributed by atoms with E-state index in [9.17, 15) is 43.8 Å². The Labute approximate surface area is 606 Å². The van der Waals surface area contributed by atoms with Crippen molar-refractivity contribution in [3.05, 3.63) is 107 Å². The third-order valence-electron chi connectivity index (χ3n) is 18.3. The van der Waals surface area contributed by atoms with Gasteiger partial charge in [0.15, 0.2) is 83.9 Å². The second-order valence-corrected chi connectivity index (χ2v) is 29.3. The predicted molar refractivity (Wildman–Crippen MR) is 382 cm³/mol. The van der Waals surface area contributed by atoms with E-state index in [-0.39, 0.29) is 40.4 Å². The van der Waals surface area contributed by atoms with Crippen LogP contribution in [0.4, 0.5) is 30.6 Å². The van der Waals surface area contributed by atoms with Crippen molar-refractivity contribution in [2.75, 3.05) is 52.8 Å². The first-order valence-corrected chi connectivity index (χ1v) is 37.5. The molecule has 33 nitrogen and oxygen atoms in total. The van der Waals surface area contributed by atoms with E-state index >= 15 is 0 Å². The number of alkyl halides is 3. The van der Waals surface area contributed by atoms with Crippen LogP contribution in [0.3, 0.4) is 0 Å². The lowest BCUT2D eigenvalue weighted by molar-refractivity contribution is -0.115. The van der Waals surface area contributed by atoms with E-state index in [1.807, 2.05) is 43.3 Å². The number of thioether (sulfide) groups is 3. The number of rotatable bonds is 25. The van der Waals surface area contributed by atoms with Crippen LogP contribution < -0.4 is 16.0 Å². The normalized spacial score (nSPS) is 23.1. The molecule has 39 heteroatoms. The number of anilines is 3. The zero-order chi connectivity index (χ0) is 73.5. The molecule has 14 atom stereocenters. The maximum Gasteiger partial charge on any atom is 0.405 e. The average Bonchev–Trinajstić information content (AvgIpc) is 1.62. The molecule has 3 aliphatic rings. The summed E-state index contributed by atoms with van der Waals surface area (Å²) in [5, 5.41) is 122. The van der Waals surface area contributed by atoms with Gasteiger partial charge in [-0.3, -0.25) is 15.3 Å². The number of H-pyrrole nitrogens is 3. The van der Waals surface area contributed by atoms with E-state index < -0.39 is 85.2 Å². The largest absolute Gasteiger partial charge is 0.405 e. The van der Waals surface area contributed by atoms with Crippen molar-refractivity contribution < 1.29 is 43.8 Å². The molecule has 11 aromatic rings. The van der Waals surface area contributed by atoms with Crippen LogP contribution in [0.1, 0.15) is 167 Å². The third kappa shape index (κ3) is 16.8. The Morgan fingerprint density at radius 2 is 0.760 bits per heavy atom. The third-order valence-corrected chi connectivity index (χ3v) is 21.5. The first kappa shape index (κ1) is 75.0. The number of aliphatic hydroxyl groups is 6. The summed E-state index contributed by atoms with van der Waals surface area (Å²) in [6.07, 6.45) is -7.14. The monoisotopic (exact) mass is 1490 g/mol. The summed E-state index contributed by atoms with van der Waals surface area (Å²) >= 11 is 4.43. The van der Waals surface area contributed by atoms with Crippen molar-refractivity contribution >= 4 is 86.2 Å². The smallest absolute Gasteiger partial charge is 0.390 e. The summed E-state index contributed by atoms with van der Waals surface area (Å²) in [5.41, 5.74) is 4.82. The van der Waals surface area contributed by atoms with Gasteiger partial charge in [0.25, 0.3) is 0 Å². The molecular weight excluding hydrogens is 1410 g/mol. The Bertz CT molecular complexity index is 4420. The second kappa shape index (κ2) is 33.2. The summed E-state index contributed by atoms with van der Waals surface area (Å²) in [4.78, 5) is 40.5. The number of aryl methyl sites for hydroxylation is 3. The molecule has 554 valence electrons. The number of aliphatic hydroxyl groups excluding tert-OH is 6. The van der Waals surface area contributed by atoms with Gasteiger partial charge in [0.1, 0.15) is 42.3 Å². The van der Waals surface area contributed by atoms with Crippen molar-refractivity contribution in [2.24, 2.45) is 0 Å². The van der Waals surface area contributed by atoms with Gasteiger partial charge in [0.05, 0.1) is 54.2 Å². The van der Waals surface area contributed by atoms with Crippen LogP contribution in [-0.4, -0.2) is 231 Å². The highest BCUT2D eigenvalue weighted by molar-refractivity contribution is 7.99. The van der Waals surface area contributed by atoms with E-state index in [1.54, 1.807) is 53.7 Å². The molecule has 3 aliphatic carbocycles. The molecule has 0 radical (unpaired) electrons. The standard InChI is InChI=1S/2C24H31N9O2S.C17H22F3N9O2S/c2*1-4-10-36-24-27-22(25-12-13(2)15-8-6-5-7-9-15)18-23(28-24)33(32-30-18)17-11-16(19(34)20(17)35)21-26-14(3)29-31-21;1-3-4-32-16-23-14(21-6-17(18,19)20)10-15(24-16)29(28-26-10)9-5-8(11(30)12(9)31)13-22-7(2)25-27-13/h2*5-9,13,16-17,19-20,34-35H,4,10-12H2,1-3H3,(H,25,27,28)(H,26,29,31);8-9,11-12,30-31H,3-6H2,1-2H3,(H,21,23,24)(H,22,25,27)/t13-,16+,17-,19-,20+;13-,16-,17+,19+,20-;8-,9+,11+,12-/m100/s1. The number of nitrogens with one attached hydrogen (secondary N) is 6. The molecule has 0 bridgehead atoms. The minimum atomic E-state index is -4.45. The first-order valence-electron chi connectivity index (χ1n) is 34.5. The quantitative estimate of drug-likeness (QED) is 0.0199. The number of nitrogens with zero attached hydrogens (tertiary/aromatic N) is 21. The van der Waals surface area contributed by atoms with Crippen molar-refractivity contribution in [3.8, 4) is 0 Å².